The van der Waals surface area contributed by atoms with Gasteiger partial charge in [-0.2, -0.15) is 0 Å². The minimum atomic E-state index is -0.597. The Labute approximate surface area is 399 Å². The molecule has 14 rings (SSSR count). The fraction of sp³-hybridized carbons (Fsp3) is 0.0154. The fourth-order valence-corrected chi connectivity index (χ4v) is 12.5. The van der Waals surface area contributed by atoms with E-state index in [1.165, 1.54) is 86.9 Å². The van der Waals surface area contributed by atoms with Gasteiger partial charge in [0.25, 0.3) is 0 Å². The Morgan fingerprint density at radius 3 is 1.57 bits per heavy atom. The lowest BCUT2D eigenvalue weighted by atomic mass is 9.65. The van der Waals surface area contributed by atoms with Crippen molar-refractivity contribution in [1.82, 2.24) is 0 Å². The predicted octanol–water partition coefficient (Wildman–Crippen LogP) is 18.1. The molecule has 2 aliphatic carbocycles. The summed E-state index contributed by atoms with van der Waals surface area (Å²) in [7, 11) is 0. The molecule has 0 fully saturated rings. The van der Waals surface area contributed by atoms with Crippen LogP contribution < -0.4 is 4.90 Å². The molecule has 0 bridgehead atoms. The molecule has 3 heteroatoms. The van der Waals surface area contributed by atoms with Crippen LogP contribution in [-0.4, -0.2) is 0 Å². The number of anilines is 3. The summed E-state index contributed by atoms with van der Waals surface area (Å²) in [6.07, 6.45) is 1.73. The second kappa shape index (κ2) is 15.3. The topological polar surface area (TPSA) is 16.4 Å². The summed E-state index contributed by atoms with van der Waals surface area (Å²) < 4.78 is 8.41. The van der Waals surface area contributed by atoms with Crippen LogP contribution in [0.3, 0.4) is 0 Å². The SMILES string of the molecule is c1ccc(-c2ccc(N(c3ccc(-c4cccc(-c5ccco5)c4)cc3)c3ccc4c(c3)-c3ccccc3-c3ccccc3C43c4ccccc4-c4cc5sc6ccccc6c5cc43)cc2)cc1. The number of nitrogens with zero attached hydrogens (tertiary/aromatic N) is 1. The van der Waals surface area contributed by atoms with E-state index in [1.807, 2.05) is 23.5 Å². The molecule has 2 heterocycles. The van der Waals surface area contributed by atoms with Gasteiger partial charge in [-0.1, -0.05) is 170 Å². The highest BCUT2D eigenvalue weighted by molar-refractivity contribution is 7.25. The number of furan rings is 1. The maximum atomic E-state index is 5.77. The van der Waals surface area contributed by atoms with E-state index in [4.69, 9.17) is 4.42 Å². The standard InChI is InChI=1S/C65H41NOS/c1-2-14-42(15-3-1)43-27-31-47(32-28-43)66(48-33-29-44(30-34-48)45-16-12-17-46(38-45)62-25-13-37-67-62)49-35-36-60-55(39-49)51-19-5-4-18-50(51)52-20-6-9-23-58(52)65(60)59-24-10-7-21-53(59)56-41-64-57(40-61(56)65)54-22-8-11-26-63(54)68-64/h1-41H. The molecule has 1 atom stereocenters. The lowest BCUT2D eigenvalue weighted by Gasteiger charge is -2.36. The van der Waals surface area contributed by atoms with Gasteiger partial charge in [-0.25, -0.2) is 0 Å². The van der Waals surface area contributed by atoms with Gasteiger partial charge in [0.05, 0.1) is 11.7 Å². The summed E-state index contributed by atoms with van der Waals surface area (Å²) in [5, 5.41) is 2.63. The molecule has 1 spiro atoms. The van der Waals surface area contributed by atoms with Crippen LogP contribution in [0.15, 0.2) is 253 Å². The van der Waals surface area contributed by atoms with Gasteiger partial charge in [-0.3, -0.25) is 0 Å². The van der Waals surface area contributed by atoms with Crippen LogP contribution in [0.5, 0.6) is 0 Å². The van der Waals surface area contributed by atoms with Crippen LogP contribution in [0.1, 0.15) is 22.3 Å². The van der Waals surface area contributed by atoms with Gasteiger partial charge in [-0.15, -0.1) is 11.3 Å². The van der Waals surface area contributed by atoms with E-state index in [0.29, 0.717) is 0 Å². The van der Waals surface area contributed by atoms with Crippen molar-refractivity contribution < 1.29 is 4.42 Å². The summed E-state index contributed by atoms with van der Waals surface area (Å²) >= 11 is 1.89. The molecule has 318 valence electrons. The molecule has 0 amide bonds. The smallest absolute Gasteiger partial charge is 0.133 e. The minimum absolute atomic E-state index is 0.597. The summed E-state index contributed by atoms with van der Waals surface area (Å²) in [6, 6.07) is 89.8. The van der Waals surface area contributed by atoms with E-state index in [9.17, 15) is 0 Å². The number of hydrogen-bond acceptors (Lipinski definition) is 3. The molecule has 0 saturated heterocycles. The third kappa shape index (κ3) is 5.83. The Balaban J connectivity index is 1.01. The Kier molecular flexibility index (Phi) is 8.71. The second-order valence-electron chi connectivity index (χ2n) is 18.0. The van der Waals surface area contributed by atoms with Crippen LogP contribution >= 0.6 is 11.3 Å². The van der Waals surface area contributed by atoms with E-state index < -0.39 is 5.41 Å². The van der Waals surface area contributed by atoms with Gasteiger partial charge < -0.3 is 9.32 Å². The molecule has 0 radical (unpaired) electrons. The van der Waals surface area contributed by atoms with Crippen LogP contribution in [0.2, 0.25) is 0 Å². The van der Waals surface area contributed by atoms with Gasteiger partial charge in [0.15, 0.2) is 0 Å². The molecule has 1 unspecified atom stereocenters. The third-order valence-electron chi connectivity index (χ3n) is 14.4. The Bertz CT molecular complexity index is 3900. The van der Waals surface area contributed by atoms with Crippen molar-refractivity contribution >= 4 is 48.6 Å². The van der Waals surface area contributed by atoms with E-state index in [2.05, 4.69) is 235 Å². The highest BCUT2D eigenvalue weighted by Crippen LogP contribution is 2.63. The van der Waals surface area contributed by atoms with Gasteiger partial charge in [0.2, 0.25) is 0 Å². The zero-order chi connectivity index (χ0) is 44.8. The second-order valence-corrected chi connectivity index (χ2v) is 19.0. The number of fused-ring (bicyclic) bond motifs is 15. The summed E-state index contributed by atoms with van der Waals surface area (Å²) in [5.74, 6) is 0.862. The van der Waals surface area contributed by atoms with Crippen molar-refractivity contribution in [2.75, 3.05) is 4.90 Å². The Hall–Kier alpha value is -8.50. The van der Waals surface area contributed by atoms with Crippen molar-refractivity contribution in [2.45, 2.75) is 5.41 Å². The maximum Gasteiger partial charge on any atom is 0.133 e. The molecular weight excluding hydrogens is 843 g/mol. The Morgan fingerprint density at radius 1 is 0.309 bits per heavy atom. The first-order valence-electron chi connectivity index (χ1n) is 23.3. The Morgan fingerprint density at radius 2 is 0.853 bits per heavy atom. The largest absolute Gasteiger partial charge is 0.464 e. The zero-order valence-electron chi connectivity index (χ0n) is 36.9. The van der Waals surface area contributed by atoms with Crippen LogP contribution in [-0.2, 0) is 5.41 Å². The van der Waals surface area contributed by atoms with Crippen molar-refractivity contribution in [3.8, 4) is 67.0 Å². The van der Waals surface area contributed by atoms with E-state index in [1.54, 1.807) is 6.26 Å². The number of hydrogen-bond donors (Lipinski definition) is 0. The van der Waals surface area contributed by atoms with Gasteiger partial charge in [0.1, 0.15) is 5.76 Å². The van der Waals surface area contributed by atoms with Gasteiger partial charge in [0, 0.05) is 42.8 Å². The zero-order valence-corrected chi connectivity index (χ0v) is 37.8. The molecule has 12 aromatic rings. The van der Waals surface area contributed by atoms with Crippen molar-refractivity contribution in [2.24, 2.45) is 0 Å². The fourth-order valence-electron chi connectivity index (χ4n) is 11.4. The number of rotatable bonds is 6. The van der Waals surface area contributed by atoms with E-state index in [0.717, 1.165) is 39.5 Å². The van der Waals surface area contributed by atoms with Crippen LogP contribution in [0.4, 0.5) is 17.1 Å². The molecule has 2 aromatic heterocycles. The molecule has 0 N–H and O–H groups in total. The summed E-state index contributed by atoms with van der Waals surface area (Å²) in [4.78, 5) is 2.42. The van der Waals surface area contributed by atoms with Crippen LogP contribution in [0, 0.1) is 0 Å². The average Bonchev–Trinajstić information content (AvgIpc) is 4.14. The molecule has 10 aromatic carbocycles. The monoisotopic (exact) mass is 883 g/mol. The third-order valence-corrected chi connectivity index (χ3v) is 15.5. The molecule has 0 aliphatic heterocycles. The first-order chi connectivity index (χ1) is 33.7. The number of benzene rings is 10. The molecule has 0 saturated carbocycles. The lowest BCUT2D eigenvalue weighted by molar-refractivity contribution is 0.582. The highest BCUT2D eigenvalue weighted by atomic mass is 32.1. The molecule has 2 aliphatic rings. The van der Waals surface area contributed by atoms with Crippen LogP contribution in [0.25, 0.3) is 87.1 Å². The highest BCUT2D eigenvalue weighted by Gasteiger charge is 2.50. The molecule has 2 nitrogen and oxygen atoms in total. The van der Waals surface area contributed by atoms with Crippen molar-refractivity contribution in [1.29, 1.82) is 0 Å². The molecular formula is C65H41NOS. The molecule has 68 heavy (non-hydrogen) atoms. The summed E-state index contributed by atoms with van der Waals surface area (Å²) in [6.45, 7) is 0. The van der Waals surface area contributed by atoms with E-state index >= 15 is 0 Å². The van der Waals surface area contributed by atoms with Gasteiger partial charge >= 0.3 is 0 Å². The normalized spacial score (nSPS) is 14.2. The minimum Gasteiger partial charge on any atom is -0.464 e. The lowest BCUT2D eigenvalue weighted by Crippen LogP contribution is -2.29. The first kappa shape index (κ1) is 38.7. The van der Waals surface area contributed by atoms with Crippen molar-refractivity contribution in [3.63, 3.8) is 0 Å². The number of thiophene rings is 1. The summed E-state index contributed by atoms with van der Waals surface area (Å²) in [5.41, 5.74) is 21.2. The quantitative estimate of drug-likeness (QED) is 0.165. The predicted molar refractivity (Wildman–Crippen MR) is 284 cm³/mol. The average molecular weight is 884 g/mol. The van der Waals surface area contributed by atoms with Crippen molar-refractivity contribution in [3.05, 3.63) is 271 Å². The van der Waals surface area contributed by atoms with E-state index in [-0.39, 0.29) is 0 Å². The van der Waals surface area contributed by atoms with Gasteiger partial charge in [-0.05, 0) is 151 Å². The maximum absolute atomic E-state index is 5.77. The first-order valence-corrected chi connectivity index (χ1v) is 24.1.